The Hall–Kier alpha value is -4.25. The molecule has 1 aliphatic rings. The third-order valence-corrected chi connectivity index (χ3v) is 6.85. The molecule has 11 nitrogen and oxygen atoms in total. The maximum Gasteiger partial charge on any atom is 0.359 e. The van der Waals surface area contributed by atoms with Crippen molar-refractivity contribution in [3.63, 3.8) is 0 Å². The van der Waals surface area contributed by atoms with Crippen LogP contribution in [-0.4, -0.2) is 55.7 Å². The summed E-state index contributed by atoms with van der Waals surface area (Å²) in [5, 5.41) is 28.7. The van der Waals surface area contributed by atoms with Crippen LogP contribution in [0.25, 0.3) is 22.5 Å². The largest absolute Gasteiger partial charge is 0.427 e. The quantitative estimate of drug-likeness (QED) is 0.251. The van der Waals surface area contributed by atoms with Crippen molar-refractivity contribution in [3.8, 4) is 22.5 Å². The lowest BCUT2D eigenvalue weighted by Crippen LogP contribution is -2.52. The van der Waals surface area contributed by atoms with E-state index in [-0.39, 0.29) is 5.70 Å². The monoisotopic (exact) mass is 562 g/mol. The smallest absolute Gasteiger partial charge is 0.359 e. The number of tetrazole rings is 1. The first kappa shape index (κ1) is 29.7. The second-order valence-electron chi connectivity index (χ2n) is 11.8. The van der Waals surface area contributed by atoms with Gasteiger partial charge < -0.3 is 24.8 Å². The van der Waals surface area contributed by atoms with Gasteiger partial charge in [-0.15, -0.1) is 5.10 Å². The third kappa shape index (κ3) is 6.25. The van der Waals surface area contributed by atoms with Crippen LogP contribution in [0.15, 0.2) is 59.9 Å². The van der Waals surface area contributed by atoms with Crippen molar-refractivity contribution in [3.05, 3.63) is 59.9 Å². The number of anilines is 1. The highest BCUT2D eigenvalue weighted by Gasteiger charge is 2.48. The van der Waals surface area contributed by atoms with Gasteiger partial charge in [-0.1, -0.05) is 49.7 Å². The Morgan fingerprint density at radius 1 is 1.00 bits per heavy atom. The molecule has 4 rings (SSSR count). The number of benzene rings is 2. The van der Waals surface area contributed by atoms with Gasteiger partial charge in [-0.2, -0.15) is 0 Å². The number of H-pyrrole nitrogens is 1. The Balaban J connectivity index is 1.72. The van der Waals surface area contributed by atoms with E-state index in [9.17, 15) is 14.7 Å². The first-order chi connectivity index (χ1) is 19.3. The van der Waals surface area contributed by atoms with Crippen LogP contribution in [0.5, 0.6) is 0 Å². The number of carbonyl (C=O) groups excluding carboxylic acids is 2. The van der Waals surface area contributed by atoms with Gasteiger partial charge in [0.05, 0.1) is 11.1 Å². The van der Waals surface area contributed by atoms with Crippen molar-refractivity contribution >= 4 is 17.6 Å². The van der Waals surface area contributed by atoms with E-state index in [0.29, 0.717) is 23.6 Å². The van der Waals surface area contributed by atoms with Gasteiger partial charge in [0.2, 0.25) is 6.79 Å². The summed E-state index contributed by atoms with van der Waals surface area (Å²) in [7, 11) is 0. The van der Waals surface area contributed by atoms with Gasteiger partial charge in [0.15, 0.2) is 11.5 Å². The first-order valence-corrected chi connectivity index (χ1v) is 13.6. The number of nitrogens with one attached hydrogen (secondary N) is 2. The summed E-state index contributed by atoms with van der Waals surface area (Å²) in [4.78, 5) is 27.7. The maximum absolute atomic E-state index is 13.6. The van der Waals surface area contributed by atoms with Crippen molar-refractivity contribution in [2.45, 2.75) is 72.6 Å². The second kappa shape index (κ2) is 11.3. The Morgan fingerprint density at radius 3 is 2.22 bits per heavy atom. The number of esters is 2. The normalized spacial score (nSPS) is 17.4. The SMILES string of the molecule is CCCC1(C)NC(C(C)(C)O)=C(C(=O)OCOC(=O)C(C)(C)C)N1c1ccc(-c2ccccc2-c2nnn[nH]2)cc1. The molecule has 0 radical (unpaired) electrons. The fraction of sp³-hybridized carbons (Fsp3) is 0.433. The number of aromatic amines is 1. The van der Waals surface area contributed by atoms with E-state index >= 15 is 0 Å². The van der Waals surface area contributed by atoms with Gasteiger partial charge in [-0.05, 0) is 81.6 Å². The third-order valence-electron chi connectivity index (χ3n) is 6.85. The van der Waals surface area contributed by atoms with Crippen LogP contribution in [0.2, 0.25) is 0 Å². The molecule has 1 atom stereocenters. The molecule has 0 bridgehead atoms. The van der Waals surface area contributed by atoms with Crippen LogP contribution < -0.4 is 10.2 Å². The summed E-state index contributed by atoms with van der Waals surface area (Å²) in [6, 6.07) is 15.5. The zero-order valence-corrected chi connectivity index (χ0v) is 24.6. The highest BCUT2D eigenvalue weighted by atomic mass is 16.7. The van der Waals surface area contributed by atoms with E-state index in [1.54, 1.807) is 34.6 Å². The summed E-state index contributed by atoms with van der Waals surface area (Å²) in [5.74, 6) is -0.654. The molecule has 2 aromatic carbocycles. The molecule has 218 valence electrons. The van der Waals surface area contributed by atoms with E-state index in [1.165, 1.54) is 0 Å². The molecule has 0 saturated carbocycles. The molecule has 3 aromatic rings. The molecule has 11 heteroatoms. The van der Waals surface area contributed by atoms with Gasteiger partial charge in [0.1, 0.15) is 11.3 Å². The van der Waals surface area contributed by atoms with Crippen molar-refractivity contribution in [1.82, 2.24) is 25.9 Å². The predicted molar refractivity (Wildman–Crippen MR) is 154 cm³/mol. The number of aliphatic hydroxyl groups is 1. The van der Waals surface area contributed by atoms with E-state index < -0.39 is 35.4 Å². The molecule has 41 heavy (non-hydrogen) atoms. The van der Waals surface area contributed by atoms with Crippen LogP contribution >= 0.6 is 0 Å². The highest BCUT2D eigenvalue weighted by Crippen LogP contribution is 2.41. The first-order valence-electron chi connectivity index (χ1n) is 13.6. The Morgan fingerprint density at radius 2 is 1.66 bits per heavy atom. The number of rotatable bonds is 9. The molecule has 1 aliphatic heterocycles. The van der Waals surface area contributed by atoms with Crippen LogP contribution in [0.4, 0.5) is 5.69 Å². The molecule has 1 aromatic heterocycles. The number of aromatic nitrogens is 4. The number of hydrogen-bond donors (Lipinski definition) is 3. The second-order valence-corrected chi connectivity index (χ2v) is 11.8. The number of nitrogens with zero attached hydrogens (tertiary/aromatic N) is 4. The number of hydrogen-bond acceptors (Lipinski definition) is 10. The lowest BCUT2D eigenvalue weighted by Gasteiger charge is -2.38. The zero-order chi connectivity index (χ0) is 30.0. The van der Waals surface area contributed by atoms with Crippen LogP contribution in [0.1, 0.15) is 61.3 Å². The van der Waals surface area contributed by atoms with Crippen LogP contribution in [-0.2, 0) is 19.1 Å². The number of carbonyl (C=O) groups is 2. The average Bonchev–Trinajstić information content (AvgIpc) is 3.55. The highest BCUT2D eigenvalue weighted by molar-refractivity contribution is 5.96. The van der Waals surface area contributed by atoms with Crippen molar-refractivity contribution in [1.29, 1.82) is 0 Å². The zero-order valence-electron chi connectivity index (χ0n) is 24.6. The molecule has 1 unspecified atom stereocenters. The molecule has 0 amide bonds. The lowest BCUT2D eigenvalue weighted by atomic mass is 9.98. The van der Waals surface area contributed by atoms with Crippen molar-refractivity contribution in [2.75, 3.05) is 11.7 Å². The Kier molecular flexibility index (Phi) is 8.21. The Bertz CT molecular complexity index is 1420. The van der Waals surface area contributed by atoms with E-state index in [2.05, 4.69) is 32.9 Å². The minimum Gasteiger partial charge on any atom is -0.427 e. The van der Waals surface area contributed by atoms with Gasteiger partial charge in [0.25, 0.3) is 0 Å². The molecular weight excluding hydrogens is 524 g/mol. The van der Waals surface area contributed by atoms with Gasteiger partial charge >= 0.3 is 11.9 Å². The van der Waals surface area contributed by atoms with Gasteiger partial charge in [0, 0.05) is 11.3 Å². The van der Waals surface area contributed by atoms with E-state index in [4.69, 9.17) is 9.47 Å². The maximum atomic E-state index is 13.6. The Labute approximate surface area is 239 Å². The topological polar surface area (TPSA) is 143 Å². The minimum atomic E-state index is -1.38. The van der Waals surface area contributed by atoms with Crippen molar-refractivity contribution in [2.24, 2.45) is 5.41 Å². The molecule has 0 saturated heterocycles. The van der Waals surface area contributed by atoms with Gasteiger partial charge in [-0.3, -0.25) is 4.79 Å². The summed E-state index contributed by atoms with van der Waals surface area (Å²) in [6.07, 6.45) is 1.47. The predicted octanol–water partition coefficient (Wildman–Crippen LogP) is 4.53. The molecule has 0 aliphatic carbocycles. The van der Waals surface area contributed by atoms with Crippen LogP contribution in [0.3, 0.4) is 0 Å². The molecule has 0 spiro atoms. The van der Waals surface area contributed by atoms with E-state index in [1.807, 2.05) is 60.4 Å². The summed E-state index contributed by atoms with van der Waals surface area (Å²) in [6.45, 7) is 11.9. The van der Waals surface area contributed by atoms with Crippen molar-refractivity contribution < 1.29 is 24.2 Å². The number of ether oxygens (including phenoxy) is 2. The minimum absolute atomic E-state index is 0.154. The fourth-order valence-corrected chi connectivity index (χ4v) is 4.88. The molecule has 3 N–H and O–H groups in total. The molecule has 2 heterocycles. The molecular formula is C30H38N6O5. The standard InChI is InChI=1S/C30H38N6O5/c1-8-17-30(7)31-24(29(5,6)39)23(26(37)40-18-41-27(38)28(2,3)4)36(30)20-15-13-19(14-16-20)21-11-9-10-12-22(21)25-32-34-35-33-25/h9-16,31,39H,8,17-18H2,1-7H3,(H,32,33,34,35). The summed E-state index contributed by atoms with van der Waals surface area (Å²) >= 11 is 0. The lowest BCUT2D eigenvalue weighted by molar-refractivity contribution is -0.171. The van der Waals surface area contributed by atoms with Gasteiger partial charge in [-0.25, -0.2) is 9.89 Å². The average molecular weight is 563 g/mol. The fourth-order valence-electron chi connectivity index (χ4n) is 4.88. The summed E-state index contributed by atoms with van der Waals surface area (Å²) < 4.78 is 10.6. The molecule has 0 fully saturated rings. The van der Waals surface area contributed by atoms with E-state index in [0.717, 1.165) is 23.1 Å². The summed E-state index contributed by atoms with van der Waals surface area (Å²) in [5.41, 5.74) is 1.03. The van der Waals surface area contributed by atoms with Crippen LogP contribution in [0, 0.1) is 5.41 Å².